The number of fused-ring (bicyclic) bond motifs is 2. The summed E-state index contributed by atoms with van der Waals surface area (Å²) in [5, 5.41) is 9.22. The second-order valence-corrected chi connectivity index (χ2v) is 10.5. The van der Waals surface area contributed by atoms with Gasteiger partial charge in [0, 0.05) is 36.3 Å². The zero-order valence-electron chi connectivity index (χ0n) is 22.8. The number of benzene rings is 3. The van der Waals surface area contributed by atoms with Crippen LogP contribution in [0.15, 0.2) is 84.4 Å². The second-order valence-electron chi connectivity index (χ2n) is 10.5. The molecule has 5 heteroatoms. The van der Waals surface area contributed by atoms with Crippen LogP contribution >= 0.6 is 0 Å². The van der Waals surface area contributed by atoms with Gasteiger partial charge < -0.3 is 4.90 Å². The molecule has 0 spiro atoms. The summed E-state index contributed by atoms with van der Waals surface area (Å²) in [5.74, 6) is 0.143. The van der Waals surface area contributed by atoms with E-state index in [0.29, 0.717) is 48.4 Å². The molecule has 39 heavy (non-hydrogen) atoms. The van der Waals surface area contributed by atoms with E-state index in [4.69, 9.17) is 0 Å². The minimum absolute atomic E-state index is 0.0665. The largest absolute Gasteiger partial charge is 0.339 e. The van der Waals surface area contributed by atoms with Crippen molar-refractivity contribution in [1.29, 1.82) is 5.26 Å². The molecule has 1 amide bonds. The predicted molar refractivity (Wildman–Crippen MR) is 154 cm³/mol. The molecule has 2 bridgehead atoms. The molecule has 2 aliphatic heterocycles. The number of carbonyl (C=O) groups excluding carboxylic acids is 2. The molecule has 3 aromatic carbocycles. The van der Waals surface area contributed by atoms with E-state index in [9.17, 15) is 14.9 Å². The van der Waals surface area contributed by atoms with Gasteiger partial charge in [0.1, 0.15) is 0 Å². The van der Waals surface area contributed by atoms with E-state index in [-0.39, 0.29) is 11.7 Å². The van der Waals surface area contributed by atoms with Crippen molar-refractivity contribution in [1.82, 2.24) is 9.80 Å². The summed E-state index contributed by atoms with van der Waals surface area (Å²) in [5.41, 5.74) is 6.84. The van der Waals surface area contributed by atoms with Gasteiger partial charge in [0.2, 0.25) is 0 Å². The van der Waals surface area contributed by atoms with E-state index in [1.807, 2.05) is 43.0 Å². The Morgan fingerprint density at radius 1 is 0.821 bits per heavy atom. The third-order valence-electron chi connectivity index (χ3n) is 8.26. The normalized spacial score (nSPS) is 18.4. The van der Waals surface area contributed by atoms with Crippen molar-refractivity contribution in [3.05, 3.63) is 112 Å². The molecule has 2 fully saturated rings. The standard InChI is InChI=1S/C34H35N3O2/c1-3-36(4-2)34(39)27-15-13-26(14-16-27)33(25-10-6-5-7-11-25)29-20-30-17-18-31(21-29)37(30)23-32(38)28-12-8-9-24(19-28)22-35/h5-16,19,30-31H,3-4,17-18,20-21,23H2,1-2H3. The molecule has 0 saturated carbocycles. The number of hydrogen-bond acceptors (Lipinski definition) is 4. The number of nitrogens with zero attached hydrogens (tertiary/aromatic N) is 3. The molecule has 0 aromatic heterocycles. The van der Waals surface area contributed by atoms with Crippen LogP contribution in [0.5, 0.6) is 0 Å². The van der Waals surface area contributed by atoms with Crippen molar-refractivity contribution in [3.8, 4) is 6.07 Å². The number of carbonyl (C=O) groups is 2. The Hall–Kier alpha value is -4.01. The van der Waals surface area contributed by atoms with Gasteiger partial charge in [-0.2, -0.15) is 5.26 Å². The number of amides is 1. The molecule has 0 N–H and O–H groups in total. The predicted octanol–water partition coefficient (Wildman–Crippen LogP) is 6.35. The average Bonchev–Trinajstić information content (AvgIpc) is 3.20. The smallest absolute Gasteiger partial charge is 0.253 e. The fraction of sp³-hybridized carbons (Fsp3) is 0.324. The first-order valence-electron chi connectivity index (χ1n) is 14.0. The van der Waals surface area contributed by atoms with Gasteiger partial charge >= 0.3 is 0 Å². The van der Waals surface area contributed by atoms with Gasteiger partial charge in [-0.3, -0.25) is 14.5 Å². The minimum Gasteiger partial charge on any atom is -0.339 e. The van der Waals surface area contributed by atoms with Crippen molar-refractivity contribution in [2.24, 2.45) is 0 Å². The van der Waals surface area contributed by atoms with Crippen molar-refractivity contribution in [2.45, 2.75) is 51.6 Å². The van der Waals surface area contributed by atoms with Gasteiger partial charge in [0.25, 0.3) is 5.91 Å². The first-order valence-corrected chi connectivity index (χ1v) is 14.0. The highest BCUT2D eigenvalue weighted by Gasteiger charge is 2.40. The molecule has 2 atom stereocenters. The molecule has 5 nitrogen and oxygen atoms in total. The molecule has 0 radical (unpaired) electrons. The number of hydrogen-bond donors (Lipinski definition) is 0. The summed E-state index contributed by atoms with van der Waals surface area (Å²) < 4.78 is 0. The average molecular weight is 518 g/mol. The Labute approximate surface area is 231 Å². The van der Waals surface area contributed by atoms with Crippen LogP contribution in [0.25, 0.3) is 5.57 Å². The maximum atomic E-state index is 13.1. The van der Waals surface area contributed by atoms with Crippen molar-refractivity contribution >= 4 is 17.3 Å². The molecular formula is C34H35N3O2. The van der Waals surface area contributed by atoms with Crippen LogP contribution in [-0.2, 0) is 0 Å². The Morgan fingerprint density at radius 3 is 2.03 bits per heavy atom. The maximum absolute atomic E-state index is 13.1. The highest BCUT2D eigenvalue weighted by molar-refractivity contribution is 5.98. The van der Waals surface area contributed by atoms with Gasteiger partial charge in [0.05, 0.1) is 18.2 Å². The zero-order chi connectivity index (χ0) is 27.4. The van der Waals surface area contributed by atoms with Crippen molar-refractivity contribution in [3.63, 3.8) is 0 Å². The van der Waals surface area contributed by atoms with E-state index in [0.717, 1.165) is 31.2 Å². The maximum Gasteiger partial charge on any atom is 0.253 e. The fourth-order valence-electron chi connectivity index (χ4n) is 6.24. The number of rotatable bonds is 8. The lowest BCUT2D eigenvalue weighted by atomic mass is 9.85. The molecule has 2 heterocycles. The quantitative estimate of drug-likeness (QED) is 0.327. The molecule has 2 aliphatic rings. The van der Waals surface area contributed by atoms with Crippen molar-refractivity contribution in [2.75, 3.05) is 19.6 Å². The topological polar surface area (TPSA) is 64.4 Å². The fourth-order valence-corrected chi connectivity index (χ4v) is 6.24. The summed E-state index contributed by atoms with van der Waals surface area (Å²) in [4.78, 5) is 30.3. The number of piperidine rings is 1. The van der Waals surface area contributed by atoms with E-state index < -0.39 is 0 Å². The molecule has 0 aliphatic carbocycles. The number of nitriles is 1. The summed E-state index contributed by atoms with van der Waals surface area (Å²) in [6.07, 6.45) is 4.01. The van der Waals surface area contributed by atoms with Gasteiger partial charge in [-0.05, 0) is 80.5 Å². The van der Waals surface area contributed by atoms with Crippen LogP contribution in [0.2, 0.25) is 0 Å². The first kappa shape index (κ1) is 26.6. The molecule has 5 rings (SSSR count). The Morgan fingerprint density at radius 2 is 1.41 bits per heavy atom. The molecule has 3 aromatic rings. The van der Waals surface area contributed by atoms with Crippen LogP contribution < -0.4 is 0 Å². The lowest BCUT2D eigenvalue weighted by molar-refractivity contribution is 0.0772. The lowest BCUT2D eigenvalue weighted by Crippen LogP contribution is -2.43. The Bertz CT molecular complexity index is 1400. The van der Waals surface area contributed by atoms with E-state index >= 15 is 0 Å². The van der Waals surface area contributed by atoms with Crippen LogP contribution in [0.4, 0.5) is 0 Å². The second kappa shape index (κ2) is 11.8. The van der Waals surface area contributed by atoms with E-state index in [1.54, 1.807) is 18.2 Å². The first-order chi connectivity index (χ1) is 19.0. The highest BCUT2D eigenvalue weighted by Crippen LogP contribution is 2.43. The van der Waals surface area contributed by atoms with E-state index in [2.05, 4.69) is 47.4 Å². The van der Waals surface area contributed by atoms with Crippen LogP contribution in [0, 0.1) is 11.3 Å². The zero-order valence-corrected chi connectivity index (χ0v) is 22.8. The molecule has 198 valence electrons. The van der Waals surface area contributed by atoms with Gasteiger partial charge in [0.15, 0.2) is 5.78 Å². The third-order valence-corrected chi connectivity index (χ3v) is 8.26. The van der Waals surface area contributed by atoms with Crippen LogP contribution in [-0.4, -0.2) is 53.2 Å². The van der Waals surface area contributed by atoms with Crippen LogP contribution in [0.1, 0.15) is 76.9 Å². The highest BCUT2D eigenvalue weighted by atomic mass is 16.2. The van der Waals surface area contributed by atoms with Crippen LogP contribution in [0.3, 0.4) is 0 Å². The summed E-state index contributed by atoms with van der Waals surface area (Å²) in [7, 11) is 0. The SMILES string of the molecule is CCN(CC)C(=O)c1ccc(C(=C2CC3CCC(C2)N3CC(=O)c2cccc(C#N)c2)c2ccccc2)cc1. The Balaban J connectivity index is 1.42. The summed E-state index contributed by atoms with van der Waals surface area (Å²) >= 11 is 0. The minimum atomic E-state index is 0.0665. The Kier molecular flexibility index (Phi) is 8.05. The third kappa shape index (κ3) is 5.57. The summed E-state index contributed by atoms with van der Waals surface area (Å²) in [6.45, 7) is 5.79. The number of Topliss-reactive ketones (excluding diaryl/α,β-unsaturated/α-hetero) is 1. The lowest BCUT2D eigenvalue weighted by Gasteiger charge is -2.37. The van der Waals surface area contributed by atoms with E-state index in [1.165, 1.54) is 16.7 Å². The van der Waals surface area contributed by atoms with Gasteiger partial charge in [-0.15, -0.1) is 0 Å². The van der Waals surface area contributed by atoms with Crippen molar-refractivity contribution < 1.29 is 9.59 Å². The summed E-state index contributed by atoms with van der Waals surface area (Å²) in [6, 6.07) is 28.4. The van der Waals surface area contributed by atoms with Gasteiger partial charge in [-0.25, -0.2) is 0 Å². The molecule has 2 saturated heterocycles. The monoisotopic (exact) mass is 517 g/mol. The molecule has 2 unspecified atom stereocenters. The molecular weight excluding hydrogens is 482 g/mol. The van der Waals surface area contributed by atoms with Gasteiger partial charge in [-0.1, -0.05) is 60.2 Å². The number of ketones is 1.